The first kappa shape index (κ1) is 12.1. The van der Waals surface area contributed by atoms with E-state index in [4.69, 9.17) is 0 Å². The molecule has 0 spiro atoms. The molecule has 1 heterocycles. The summed E-state index contributed by atoms with van der Waals surface area (Å²) in [6.07, 6.45) is 5.26. The third-order valence-electron chi connectivity index (χ3n) is 1.90. The summed E-state index contributed by atoms with van der Waals surface area (Å²) in [6, 6.07) is 0. The predicted octanol–water partition coefficient (Wildman–Crippen LogP) is 3.92. The number of rotatable bonds is 8. The second-order valence-electron chi connectivity index (χ2n) is 3.21. The molecule has 0 aromatic heterocycles. The van der Waals surface area contributed by atoms with E-state index in [9.17, 15) is 0 Å². The Bertz CT molecular complexity index is 125. The largest absolute Gasteiger partial charge is 0.284 e. The zero-order chi connectivity index (χ0) is 9.57. The molecule has 0 bridgehead atoms. The van der Waals surface area contributed by atoms with Gasteiger partial charge in [0.05, 0.1) is 0 Å². The molecule has 78 valence electrons. The van der Waals surface area contributed by atoms with E-state index in [1.54, 1.807) is 0 Å². The molecule has 0 aromatic carbocycles. The van der Waals surface area contributed by atoms with Crippen molar-refractivity contribution in [3.63, 3.8) is 0 Å². The molecular formula is C9H19NS3. The van der Waals surface area contributed by atoms with E-state index in [1.165, 1.54) is 38.0 Å². The molecule has 0 atom stereocenters. The van der Waals surface area contributed by atoms with Crippen LogP contribution in [0, 0.1) is 0 Å². The Labute approximate surface area is 94.0 Å². The van der Waals surface area contributed by atoms with Gasteiger partial charge >= 0.3 is 0 Å². The Balaban J connectivity index is 2.01. The monoisotopic (exact) mass is 237 g/mol. The van der Waals surface area contributed by atoms with Gasteiger partial charge in [-0.1, -0.05) is 26.7 Å². The summed E-state index contributed by atoms with van der Waals surface area (Å²) in [5.74, 6) is 1.30. The van der Waals surface area contributed by atoms with Crippen molar-refractivity contribution in [1.82, 2.24) is 5.32 Å². The van der Waals surface area contributed by atoms with E-state index in [0.29, 0.717) is 3.54 Å². The first-order valence-electron chi connectivity index (χ1n) is 5.09. The molecule has 0 aliphatic carbocycles. The molecule has 0 unspecified atom stereocenters. The summed E-state index contributed by atoms with van der Waals surface area (Å²) in [5, 5.41) is 3.62. The fourth-order valence-corrected chi connectivity index (χ4v) is 4.91. The van der Waals surface area contributed by atoms with Crippen LogP contribution in [0.25, 0.3) is 0 Å². The fraction of sp³-hybridized carbons (Fsp3) is 1.00. The van der Waals surface area contributed by atoms with E-state index < -0.39 is 0 Å². The highest BCUT2D eigenvalue weighted by molar-refractivity contribution is 8.97. The fourth-order valence-electron chi connectivity index (χ4n) is 0.965. The van der Waals surface area contributed by atoms with Gasteiger partial charge in [-0.25, -0.2) is 0 Å². The summed E-state index contributed by atoms with van der Waals surface area (Å²) in [6.45, 7) is 5.67. The molecular weight excluding hydrogens is 218 g/mol. The first-order valence-corrected chi connectivity index (χ1v) is 8.22. The van der Waals surface area contributed by atoms with E-state index >= 15 is 0 Å². The van der Waals surface area contributed by atoms with Crippen molar-refractivity contribution in [3.8, 4) is 0 Å². The lowest BCUT2D eigenvalue weighted by Gasteiger charge is -2.12. The van der Waals surface area contributed by atoms with Gasteiger partial charge in [-0.05, 0) is 46.7 Å². The summed E-state index contributed by atoms with van der Waals surface area (Å²) >= 11 is 2.08. The van der Waals surface area contributed by atoms with Crippen LogP contribution in [0.15, 0.2) is 0 Å². The van der Waals surface area contributed by atoms with Crippen molar-refractivity contribution in [1.29, 1.82) is 0 Å². The van der Waals surface area contributed by atoms with E-state index in [-0.39, 0.29) is 0 Å². The summed E-state index contributed by atoms with van der Waals surface area (Å²) in [4.78, 5) is 0. The molecule has 1 nitrogen and oxygen atoms in total. The van der Waals surface area contributed by atoms with Crippen LogP contribution in [0.4, 0.5) is 0 Å². The lowest BCUT2D eigenvalue weighted by atomic mass is 10.3. The normalized spacial score (nSPS) is 18.9. The maximum atomic E-state index is 3.62. The number of nitrogens with one attached hydrogen (secondary N) is 1. The average molecular weight is 237 g/mol. The van der Waals surface area contributed by atoms with Crippen molar-refractivity contribution >= 4 is 33.3 Å². The van der Waals surface area contributed by atoms with Crippen molar-refractivity contribution in [2.75, 3.05) is 12.3 Å². The zero-order valence-corrected chi connectivity index (χ0v) is 10.9. The number of unbranched alkanes of at least 4 members (excludes halogenated alkanes) is 2. The minimum absolute atomic E-state index is 0.352. The minimum atomic E-state index is 0.352. The van der Waals surface area contributed by atoms with E-state index in [1.807, 2.05) is 21.6 Å². The molecule has 1 rings (SSSR count). The highest BCUT2D eigenvalue weighted by Crippen LogP contribution is 2.69. The third kappa shape index (κ3) is 4.86. The van der Waals surface area contributed by atoms with Crippen LogP contribution in [0.5, 0.6) is 0 Å². The Morgan fingerprint density at radius 3 is 2.38 bits per heavy atom. The smallest absolute Gasteiger partial charge is 0.179 e. The van der Waals surface area contributed by atoms with Crippen molar-refractivity contribution in [3.05, 3.63) is 0 Å². The summed E-state index contributed by atoms with van der Waals surface area (Å²) in [7, 11) is 3.97. The summed E-state index contributed by atoms with van der Waals surface area (Å²) in [5.41, 5.74) is 0. The Kier molecular flexibility index (Phi) is 6.03. The highest BCUT2D eigenvalue weighted by atomic mass is 33.2. The SMILES string of the molecule is CCCCNC1(SCCCC)SS1. The van der Waals surface area contributed by atoms with Crippen LogP contribution in [0.1, 0.15) is 39.5 Å². The molecule has 1 aliphatic rings. The van der Waals surface area contributed by atoms with Crippen molar-refractivity contribution in [2.45, 2.75) is 43.1 Å². The van der Waals surface area contributed by atoms with Crippen LogP contribution in [0.3, 0.4) is 0 Å². The van der Waals surface area contributed by atoms with Gasteiger partial charge in [0, 0.05) is 0 Å². The van der Waals surface area contributed by atoms with E-state index in [2.05, 4.69) is 30.9 Å². The van der Waals surface area contributed by atoms with Gasteiger partial charge in [-0.3, -0.25) is 5.32 Å². The average Bonchev–Trinajstić information content (AvgIpc) is 2.87. The van der Waals surface area contributed by atoms with Crippen molar-refractivity contribution in [2.24, 2.45) is 0 Å². The topological polar surface area (TPSA) is 12.0 Å². The Hall–Kier alpha value is 1.01. The van der Waals surface area contributed by atoms with Gasteiger partial charge in [-0.15, -0.1) is 11.8 Å². The standard InChI is InChI=1S/C9H19NS3/c1-3-5-7-10-9(12-13-9)11-8-6-4-2/h10H,3-8H2,1-2H3. The highest BCUT2D eigenvalue weighted by Gasteiger charge is 2.45. The molecule has 1 N–H and O–H groups in total. The number of thioether (sulfide) groups is 1. The van der Waals surface area contributed by atoms with E-state index in [0.717, 1.165) is 0 Å². The maximum absolute atomic E-state index is 3.62. The van der Waals surface area contributed by atoms with Gasteiger partial charge in [0.15, 0.2) is 3.54 Å². The first-order chi connectivity index (χ1) is 6.33. The van der Waals surface area contributed by atoms with Gasteiger partial charge in [0.2, 0.25) is 0 Å². The molecule has 0 amide bonds. The third-order valence-corrected chi connectivity index (χ3v) is 7.01. The second kappa shape index (κ2) is 6.49. The molecule has 1 saturated heterocycles. The molecule has 0 saturated carbocycles. The predicted molar refractivity (Wildman–Crippen MR) is 68.2 cm³/mol. The summed E-state index contributed by atoms with van der Waals surface area (Å²) < 4.78 is 0.352. The molecule has 4 heteroatoms. The Morgan fingerprint density at radius 2 is 1.85 bits per heavy atom. The lowest BCUT2D eigenvalue weighted by molar-refractivity contribution is 0.675. The van der Waals surface area contributed by atoms with Gasteiger partial charge in [0.25, 0.3) is 0 Å². The quantitative estimate of drug-likeness (QED) is 0.297. The Morgan fingerprint density at radius 1 is 1.15 bits per heavy atom. The van der Waals surface area contributed by atoms with Crippen molar-refractivity contribution < 1.29 is 0 Å². The molecule has 13 heavy (non-hydrogen) atoms. The number of hydrogen-bond acceptors (Lipinski definition) is 4. The van der Waals surface area contributed by atoms with Crippen LogP contribution in [0.2, 0.25) is 0 Å². The lowest BCUT2D eigenvalue weighted by Crippen LogP contribution is -2.26. The second-order valence-corrected chi connectivity index (χ2v) is 7.85. The van der Waals surface area contributed by atoms with Crippen LogP contribution in [-0.2, 0) is 0 Å². The van der Waals surface area contributed by atoms with Crippen LogP contribution in [-0.4, -0.2) is 15.8 Å². The minimum Gasteiger partial charge on any atom is -0.284 e. The number of hydrogen-bond donors (Lipinski definition) is 1. The van der Waals surface area contributed by atoms with Gasteiger partial charge in [0.1, 0.15) is 0 Å². The van der Waals surface area contributed by atoms with Gasteiger partial charge < -0.3 is 0 Å². The molecule has 0 aromatic rings. The molecule has 1 aliphatic heterocycles. The zero-order valence-electron chi connectivity index (χ0n) is 8.47. The molecule has 0 radical (unpaired) electrons. The van der Waals surface area contributed by atoms with Crippen LogP contribution < -0.4 is 5.32 Å². The van der Waals surface area contributed by atoms with Crippen LogP contribution >= 0.6 is 33.3 Å². The van der Waals surface area contributed by atoms with Gasteiger partial charge in [-0.2, -0.15) is 0 Å². The maximum Gasteiger partial charge on any atom is 0.179 e. The molecule has 1 fully saturated rings.